The van der Waals surface area contributed by atoms with Gasteiger partial charge in [-0.2, -0.15) is 0 Å². The van der Waals surface area contributed by atoms with Gasteiger partial charge in [0.05, 0.1) is 5.54 Å². The molecule has 0 saturated heterocycles. The standard InChI is InChI=1S/C18H23N3OS/c1-13-12-23-17(20-13)18(8-3-4-9-18)19-11-15-6-5-7-16(10-15)21-14(2)22/h5-7,10,12,19H,3-4,8-9,11H2,1-2H3,(H,21,22). The molecule has 1 saturated carbocycles. The minimum atomic E-state index is -0.0411. The minimum Gasteiger partial charge on any atom is -0.326 e. The maximum Gasteiger partial charge on any atom is 0.221 e. The minimum absolute atomic E-state index is 0.0168. The predicted molar refractivity (Wildman–Crippen MR) is 94.6 cm³/mol. The third kappa shape index (κ3) is 3.79. The highest BCUT2D eigenvalue weighted by Gasteiger charge is 2.37. The fraction of sp³-hybridized carbons (Fsp3) is 0.444. The Morgan fingerprint density at radius 3 is 2.78 bits per heavy atom. The highest BCUT2D eigenvalue weighted by Crippen LogP contribution is 2.40. The van der Waals surface area contributed by atoms with Crippen LogP contribution in [0, 0.1) is 6.92 Å². The predicted octanol–water partition coefficient (Wildman–Crippen LogP) is 3.97. The molecule has 5 heteroatoms. The molecule has 1 heterocycles. The van der Waals surface area contributed by atoms with Crippen molar-refractivity contribution in [3.63, 3.8) is 0 Å². The fourth-order valence-electron chi connectivity index (χ4n) is 3.25. The van der Waals surface area contributed by atoms with Crippen LogP contribution in [0.1, 0.15) is 48.9 Å². The number of amides is 1. The second-order valence-corrected chi connectivity index (χ2v) is 7.18. The Morgan fingerprint density at radius 1 is 1.35 bits per heavy atom. The molecule has 2 N–H and O–H groups in total. The van der Waals surface area contributed by atoms with E-state index in [1.807, 2.05) is 18.2 Å². The van der Waals surface area contributed by atoms with Gasteiger partial charge in [0.2, 0.25) is 5.91 Å². The van der Waals surface area contributed by atoms with E-state index in [1.54, 1.807) is 11.3 Å². The lowest BCUT2D eigenvalue weighted by atomic mass is 9.98. The average Bonchev–Trinajstić information content (AvgIpc) is 3.15. The Bertz CT molecular complexity index is 689. The molecule has 1 fully saturated rings. The van der Waals surface area contributed by atoms with Crippen LogP contribution >= 0.6 is 11.3 Å². The van der Waals surface area contributed by atoms with E-state index in [0.717, 1.165) is 30.8 Å². The first kappa shape index (κ1) is 16.1. The average molecular weight is 329 g/mol. The summed E-state index contributed by atoms with van der Waals surface area (Å²) in [6.45, 7) is 4.37. The normalized spacial score (nSPS) is 16.4. The Labute approximate surface area is 141 Å². The molecule has 1 aromatic carbocycles. The van der Waals surface area contributed by atoms with Gasteiger partial charge in [-0.05, 0) is 37.5 Å². The molecule has 23 heavy (non-hydrogen) atoms. The van der Waals surface area contributed by atoms with E-state index >= 15 is 0 Å². The van der Waals surface area contributed by atoms with Gasteiger partial charge in [0, 0.05) is 30.2 Å². The zero-order chi connectivity index (χ0) is 16.3. The quantitative estimate of drug-likeness (QED) is 0.873. The second-order valence-electron chi connectivity index (χ2n) is 6.32. The molecule has 1 aromatic heterocycles. The molecular formula is C18H23N3OS. The van der Waals surface area contributed by atoms with Crippen LogP contribution in [0.4, 0.5) is 5.69 Å². The molecule has 122 valence electrons. The topological polar surface area (TPSA) is 54.0 Å². The van der Waals surface area contributed by atoms with Crippen LogP contribution in [0.2, 0.25) is 0 Å². The number of hydrogen-bond donors (Lipinski definition) is 2. The number of aromatic nitrogens is 1. The third-order valence-corrected chi connectivity index (χ3v) is 5.53. The number of hydrogen-bond acceptors (Lipinski definition) is 4. The largest absolute Gasteiger partial charge is 0.326 e. The molecule has 0 bridgehead atoms. The Hall–Kier alpha value is -1.72. The number of benzene rings is 1. The molecule has 0 spiro atoms. The van der Waals surface area contributed by atoms with Crippen molar-refractivity contribution < 1.29 is 4.79 Å². The van der Waals surface area contributed by atoms with Gasteiger partial charge in [-0.3, -0.25) is 4.79 Å². The molecule has 1 amide bonds. The first-order chi connectivity index (χ1) is 11.1. The van der Waals surface area contributed by atoms with Gasteiger partial charge in [-0.25, -0.2) is 4.98 Å². The molecule has 0 atom stereocenters. The number of rotatable bonds is 5. The molecule has 3 rings (SSSR count). The van der Waals surface area contributed by atoms with Gasteiger partial charge in [0.25, 0.3) is 0 Å². The van der Waals surface area contributed by atoms with Crippen molar-refractivity contribution in [3.05, 3.63) is 45.9 Å². The van der Waals surface area contributed by atoms with Crippen molar-refractivity contribution in [3.8, 4) is 0 Å². The summed E-state index contributed by atoms with van der Waals surface area (Å²) in [5, 5.41) is 9.94. The molecule has 1 aliphatic rings. The molecule has 0 aliphatic heterocycles. The van der Waals surface area contributed by atoms with Gasteiger partial charge < -0.3 is 10.6 Å². The van der Waals surface area contributed by atoms with Crippen LogP contribution in [-0.2, 0) is 16.9 Å². The van der Waals surface area contributed by atoms with E-state index in [2.05, 4.69) is 29.0 Å². The second kappa shape index (κ2) is 6.81. The van der Waals surface area contributed by atoms with E-state index in [0.29, 0.717) is 0 Å². The molecule has 0 unspecified atom stereocenters. The molecule has 1 aliphatic carbocycles. The zero-order valence-electron chi connectivity index (χ0n) is 13.7. The van der Waals surface area contributed by atoms with Crippen molar-refractivity contribution in [2.75, 3.05) is 5.32 Å². The van der Waals surface area contributed by atoms with Crippen LogP contribution in [-0.4, -0.2) is 10.9 Å². The van der Waals surface area contributed by atoms with Crippen LogP contribution < -0.4 is 10.6 Å². The van der Waals surface area contributed by atoms with Crippen LogP contribution in [0.5, 0.6) is 0 Å². The maximum atomic E-state index is 11.2. The Morgan fingerprint density at radius 2 is 2.13 bits per heavy atom. The lowest BCUT2D eigenvalue weighted by Crippen LogP contribution is -2.39. The lowest BCUT2D eigenvalue weighted by Gasteiger charge is -2.28. The summed E-state index contributed by atoms with van der Waals surface area (Å²) in [7, 11) is 0. The monoisotopic (exact) mass is 329 g/mol. The van der Waals surface area contributed by atoms with E-state index in [1.165, 1.54) is 30.3 Å². The van der Waals surface area contributed by atoms with Crippen molar-refractivity contribution in [1.29, 1.82) is 0 Å². The van der Waals surface area contributed by atoms with E-state index < -0.39 is 0 Å². The number of carbonyl (C=O) groups excluding carboxylic acids is 1. The molecule has 0 radical (unpaired) electrons. The van der Waals surface area contributed by atoms with Crippen LogP contribution in [0.25, 0.3) is 0 Å². The van der Waals surface area contributed by atoms with Crippen molar-refractivity contribution in [2.24, 2.45) is 0 Å². The summed E-state index contributed by atoms with van der Waals surface area (Å²) >= 11 is 1.76. The van der Waals surface area contributed by atoms with Crippen LogP contribution in [0.3, 0.4) is 0 Å². The van der Waals surface area contributed by atoms with E-state index in [4.69, 9.17) is 4.98 Å². The molecule has 2 aromatic rings. The number of thiazole rings is 1. The maximum absolute atomic E-state index is 11.2. The van der Waals surface area contributed by atoms with Gasteiger partial charge in [-0.1, -0.05) is 25.0 Å². The number of nitrogens with zero attached hydrogens (tertiary/aromatic N) is 1. The van der Waals surface area contributed by atoms with Gasteiger partial charge in [0.1, 0.15) is 5.01 Å². The summed E-state index contributed by atoms with van der Waals surface area (Å²) in [4.78, 5) is 15.9. The van der Waals surface area contributed by atoms with Crippen molar-refractivity contribution in [2.45, 2.75) is 51.6 Å². The number of nitrogens with one attached hydrogen (secondary N) is 2. The SMILES string of the molecule is CC(=O)Nc1cccc(CNC2(c3nc(C)cs3)CCCC2)c1. The number of aryl methyl sites for hydroxylation is 1. The Balaban J connectivity index is 1.74. The summed E-state index contributed by atoms with van der Waals surface area (Å²) in [6.07, 6.45) is 4.78. The van der Waals surface area contributed by atoms with Crippen molar-refractivity contribution in [1.82, 2.24) is 10.3 Å². The van der Waals surface area contributed by atoms with Crippen LogP contribution in [0.15, 0.2) is 29.6 Å². The number of anilines is 1. The van der Waals surface area contributed by atoms with Gasteiger partial charge >= 0.3 is 0 Å². The third-order valence-electron chi connectivity index (χ3n) is 4.36. The Kier molecular flexibility index (Phi) is 4.78. The first-order valence-electron chi connectivity index (χ1n) is 8.12. The van der Waals surface area contributed by atoms with Gasteiger partial charge in [0.15, 0.2) is 0 Å². The zero-order valence-corrected chi connectivity index (χ0v) is 14.5. The van der Waals surface area contributed by atoms with E-state index in [-0.39, 0.29) is 11.4 Å². The summed E-state index contributed by atoms with van der Waals surface area (Å²) in [6, 6.07) is 8.02. The summed E-state index contributed by atoms with van der Waals surface area (Å²) < 4.78 is 0. The molecule has 4 nitrogen and oxygen atoms in total. The van der Waals surface area contributed by atoms with Gasteiger partial charge in [-0.15, -0.1) is 11.3 Å². The van der Waals surface area contributed by atoms with Crippen molar-refractivity contribution >= 4 is 22.9 Å². The smallest absolute Gasteiger partial charge is 0.221 e. The highest BCUT2D eigenvalue weighted by atomic mass is 32.1. The molecular weight excluding hydrogens is 306 g/mol. The summed E-state index contributed by atoms with van der Waals surface area (Å²) in [5.41, 5.74) is 3.15. The summed E-state index contributed by atoms with van der Waals surface area (Å²) in [5.74, 6) is -0.0411. The first-order valence-corrected chi connectivity index (χ1v) is 9.00. The van der Waals surface area contributed by atoms with E-state index in [9.17, 15) is 4.79 Å². The lowest BCUT2D eigenvalue weighted by molar-refractivity contribution is -0.114. The highest BCUT2D eigenvalue weighted by molar-refractivity contribution is 7.09. The number of carbonyl (C=O) groups is 1. The fourth-order valence-corrected chi connectivity index (χ4v) is 4.29.